The Morgan fingerprint density at radius 1 is 1.50 bits per heavy atom. The number of rotatable bonds is 3. The summed E-state index contributed by atoms with van der Waals surface area (Å²) in [5.41, 5.74) is 6.58. The molecule has 0 spiro atoms. The molecule has 0 saturated heterocycles. The first-order valence-corrected chi connectivity index (χ1v) is 6.97. The first-order chi connectivity index (χ1) is 9.36. The van der Waals surface area contributed by atoms with Crippen molar-refractivity contribution in [1.82, 2.24) is 4.98 Å². The summed E-state index contributed by atoms with van der Waals surface area (Å²) < 4.78 is 5.10. The van der Waals surface area contributed by atoms with Gasteiger partial charge in [-0.15, -0.1) is 0 Å². The third kappa shape index (κ3) is 3.48. The molecule has 2 heterocycles. The van der Waals surface area contributed by atoms with Crippen molar-refractivity contribution in [2.24, 2.45) is 0 Å². The number of amides is 1. The van der Waals surface area contributed by atoms with E-state index in [1.807, 2.05) is 20.8 Å². The van der Waals surface area contributed by atoms with Crippen molar-refractivity contribution in [3.63, 3.8) is 0 Å². The van der Waals surface area contributed by atoms with Gasteiger partial charge in [0.05, 0.1) is 12.0 Å². The maximum Gasteiger partial charge on any atom is 0.250 e. The number of hydrogen-bond acceptors (Lipinski definition) is 5. The van der Waals surface area contributed by atoms with Gasteiger partial charge in [0, 0.05) is 11.5 Å². The van der Waals surface area contributed by atoms with Gasteiger partial charge in [-0.3, -0.25) is 10.1 Å². The van der Waals surface area contributed by atoms with Crippen molar-refractivity contribution in [2.45, 2.75) is 26.2 Å². The second kappa shape index (κ2) is 5.50. The smallest absolute Gasteiger partial charge is 0.250 e. The summed E-state index contributed by atoms with van der Waals surface area (Å²) in [6, 6.07) is 3.53. The molecule has 0 atom stereocenters. The molecule has 0 fully saturated rings. The molecule has 2 aromatic rings. The molecule has 1 amide bonds. The van der Waals surface area contributed by atoms with E-state index in [-0.39, 0.29) is 11.3 Å². The zero-order chi connectivity index (χ0) is 14.8. The summed E-state index contributed by atoms with van der Waals surface area (Å²) in [5.74, 6) is 0.352. The number of furan rings is 1. The van der Waals surface area contributed by atoms with E-state index < -0.39 is 0 Å². The number of aromatic nitrogens is 1. The molecule has 2 rings (SSSR count). The van der Waals surface area contributed by atoms with Crippen molar-refractivity contribution >= 4 is 33.5 Å². The van der Waals surface area contributed by atoms with Gasteiger partial charge >= 0.3 is 0 Å². The van der Waals surface area contributed by atoms with Crippen LogP contribution in [0.2, 0.25) is 0 Å². The minimum absolute atomic E-state index is 0.145. The van der Waals surface area contributed by atoms with Crippen LogP contribution in [0, 0.1) is 0 Å². The molecule has 0 radical (unpaired) electrons. The molecule has 2 aromatic heterocycles. The van der Waals surface area contributed by atoms with Crippen LogP contribution < -0.4 is 11.1 Å². The highest BCUT2D eigenvalue weighted by molar-refractivity contribution is 7.19. The van der Waals surface area contributed by atoms with Crippen molar-refractivity contribution in [1.29, 1.82) is 0 Å². The zero-order valence-electron chi connectivity index (χ0n) is 11.6. The first-order valence-electron chi connectivity index (χ1n) is 6.15. The molecule has 3 N–H and O–H groups in total. The van der Waals surface area contributed by atoms with Crippen LogP contribution in [0.25, 0.3) is 6.08 Å². The molecule has 0 bridgehead atoms. The molecule has 5 nitrogen and oxygen atoms in total. The monoisotopic (exact) mass is 291 g/mol. The fraction of sp³-hybridized carbons (Fsp3) is 0.286. The van der Waals surface area contributed by atoms with Crippen LogP contribution in [-0.4, -0.2) is 10.9 Å². The third-order valence-corrected chi connectivity index (χ3v) is 3.34. The highest BCUT2D eigenvalue weighted by Gasteiger charge is 2.22. The molecule has 6 heteroatoms. The van der Waals surface area contributed by atoms with Gasteiger partial charge in [0.1, 0.15) is 10.8 Å². The van der Waals surface area contributed by atoms with Gasteiger partial charge in [-0.2, -0.15) is 0 Å². The SMILES string of the molecule is CC(C)(C)c1nc(NC(=O)/C=C/c2ccco2)sc1N. The first kappa shape index (κ1) is 14.3. The average molecular weight is 291 g/mol. The Morgan fingerprint density at radius 2 is 2.25 bits per heavy atom. The molecular weight excluding hydrogens is 274 g/mol. The molecule has 0 unspecified atom stereocenters. The van der Waals surface area contributed by atoms with Crippen molar-refractivity contribution < 1.29 is 9.21 Å². The summed E-state index contributed by atoms with van der Waals surface area (Å²) in [6.07, 6.45) is 4.54. The van der Waals surface area contributed by atoms with Crippen molar-refractivity contribution in [2.75, 3.05) is 11.1 Å². The van der Waals surface area contributed by atoms with E-state index in [0.717, 1.165) is 5.69 Å². The quantitative estimate of drug-likeness (QED) is 0.850. The van der Waals surface area contributed by atoms with E-state index in [1.54, 1.807) is 24.5 Å². The normalized spacial score (nSPS) is 11.9. The molecule has 106 valence electrons. The number of anilines is 2. The average Bonchev–Trinajstić information content (AvgIpc) is 2.95. The summed E-state index contributed by atoms with van der Waals surface area (Å²) in [5, 5.41) is 3.83. The lowest BCUT2D eigenvalue weighted by atomic mass is 9.93. The van der Waals surface area contributed by atoms with Gasteiger partial charge in [-0.1, -0.05) is 32.1 Å². The fourth-order valence-electron chi connectivity index (χ4n) is 1.61. The van der Waals surface area contributed by atoms with Gasteiger partial charge in [0.2, 0.25) is 5.91 Å². The summed E-state index contributed by atoms with van der Waals surface area (Å²) in [7, 11) is 0. The Balaban J connectivity index is 2.05. The fourth-order valence-corrected chi connectivity index (χ4v) is 2.56. The van der Waals surface area contributed by atoms with Crippen LogP contribution in [0.5, 0.6) is 0 Å². The molecule has 0 aliphatic rings. The number of nitrogens with zero attached hydrogens (tertiary/aromatic N) is 1. The van der Waals surface area contributed by atoms with Crippen molar-refractivity contribution in [3.05, 3.63) is 35.9 Å². The topological polar surface area (TPSA) is 81.2 Å². The Morgan fingerprint density at radius 3 is 2.80 bits per heavy atom. The molecular formula is C14H17N3O2S. The van der Waals surface area contributed by atoms with Crippen molar-refractivity contribution in [3.8, 4) is 0 Å². The largest absolute Gasteiger partial charge is 0.465 e. The minimum atomic E-state index is -0.268. The summed E-state index contributed by atoms with van der Waals surface area (Å²) in [4.78, 5) is 16.1. The Hall–Kier alpha value is -2.08. The second-order valence-electron chi connectivity index (χ2n) is 5.32. The number of hydrogen-bond donors (Lipinski definition) is 2. The van der Waals surface area contributed by atoms with Crippen LogP contribution in [0.4, 0.5) is 10.1 Å². The lowest BCUT2D eigenvalue weighted by molar-refractivity contribution is -0.111. The van der Waals surface area contributed by atoms with E-state index in [0.29, 0.717) is 15.9 Å². The third-order valence-electron chi connectivity index (χ3n) is 2.54. The highest BCUT2D eigenvalue weighted by Crippen LogP contribution is 2.33. The van der Waals surface area contributed by atoms with Gasteiger partial charge in [0.25, 0.3) is 0 Å². The number of nitrogens with two attached hydrogens (primary N) is 1. The maximum absolute atomic E-state index is 11.8. The molecule has 0 saturated carbocycles. The number of carbonyl (C=O) groups is 1. The Bertz CT molecular complexity index is 621. The highest BCUT2D eigenvalue weighted by atomic mass is 32.1. The lowest BCUT2D eigenvalue weighted by Gasteiger charge is -2.15. The molecule has 0 aliphatic carbocycles. The van der Waals surface area contributed by atoms with Gasteiger partial charge in [-0.05, 0) is 18.2 Å². The predicted molar refractivity (Wildman–Crippen MR) is 81.6 cm³/mol. The van der Waals surface area contributed by atoms with E-state index in [9.17, 15) is 4.79 Å². The Kier molecular flexibility index (Phi) is 3.94. The van der Waals surface area contributed by atoms with Crippen LogP contribution in [0.1, 0.15) is 32.2 Å². The van der Waals surface area contributed by atoms with E-state index >= 15 is 0 Å². The standard InChI is InChI=1S/C14H17N3O2S/c1-14(2,3)11-12(15)20-13(17-11)16-10(18)7-6-9-5-4-8-19-9/h4-8H,15H2,1-3H3,(H,16,17,18)/b7-6+. The van der Waals surface area contributed by atoms with Crippen LogP contribution >= 0.6 is 11.3 Å². The molecule has 0 aromatic carbocycles. The summed E-state index contributed by atoms with van der Waals surface area (Å²) in [6.45, 7) is 6.09. The van der Waals surface area contributed by atoms with Gasteiger partial charge < -0.3 is 10.2 Å². The number of nitrogen functional groups attached to an aromatic ring is 1. The number of carbonyl (C=O) groups excluding carboxylic acids is 1. The van der Waals surface area contributed by atoms with Gasteiger partial charge in [-0.25, -0.2) is 4.98 Å². The van der Waals surface area contributed by atoms with Crippen LogP contribution in [0.3, 0.4) is 0 Å². The van der Waals surface area contributed by atoms with E-state index in [4.69, 9.17) is 10.2 Å². The predicted octanol–water partition coefficient (Wildman–Crippen LogP) is 3.27. The van der Waals surface area contributed by atoms with E-state index in [1.165, 1.54) is 17.4 Å². The minimum Gasteiger partial charge on any atom is -0.465 e. The number of thiazole rings is 1. The molecule has 20 heavy (non-hydrogen) atoms. The Labute approximate surface area is 121 Å². The lowest BCUT2D eigenvalue weighted by Crippen LogP contribution is -2.14. The van der Waals surface area contributed by atoms with E-state index in [2.05, 4.69) is 10.3 Å². The maximum atomic E-state index is 11.8. The van der Waals surface area contributed by atoms with Crippen LogP contribution in [0.15, 0.2) is 28.9 Å². The van der Waals surface area contributed by atoms with Gasteiger partial charge in [0.15, 0.2) is 5.13 Å². The number of nitrogens with one attached hydrogen (secondary N) is 1. The summed E-state index contributed by atoms with van der Waals surface area (Å²) >= 11 is 1.27. The zero-order valence-corrected chi connectivity index (χ0v) is 12.5. The van der Waals surface area contributed by atoms with Crippen LogP contribution in [-0.2, 0) is 10.2 Å². The second-order valence-corrected chi connectivity index (χ2v) is 6.35. The molecule has 0 aliphatic heterocycles.